The maximum atomic E-state index is 12.9. The van der Waals surface area contributed by atoms with E-state index < -0.39 is 10.0 Å². The average molecular weight is 434 g/mol. The monoisotopic (exact) mass is 433 g/mol. The molecule has 0 spiro atoms. The van der Waals surface area contributed by atoms with Crippen molar-refractivity contribution in [2.24, 2.45) is 0 Å². The number of nitrogens with one attached hydrogen (secondary N) is 1. The van der Waals surface area contributed by atoms with Gasteiger partial charge in [0.2, 0.25) is 10.0 Å². The Morgan fingerprint density at radius 3 is 2.13 bits per heavy atom. The van der Waals surface area contributed by atoms with Crippen LogP contribution in [-0.2, 0) is 23.1 Å². The van der Waals surface area contributed by atoms with Crippen LogP contribution in [0.2, 0.25) is 0 Å². The van der Waals surface area contributed by atoms with Crippen molar-refractivity contribution >= 4 is 10.0 Å². The van der Waals surface area contributed by atoms with Gasteiger partial charge in [-0.15, -0.1) is 0 Å². The molecule has 0 aliphatic carbocycles. The molecule has 0 saturated heterocycles. The summed E-state index contributed by atoms with van der Waals surface area (Å²) in [4.78, 5) is 0.277. The second kappa shape index (κ2) is 8.57. The first-order valence-electron chi connectivity index (χ1n) is 10.3. The van der Waals surface area contributed by atoms with Crippen molar-refractivity contribution in [2.75, 3.05) is 0 Å². The van der Waals surface area contributed by atoms with Gasteiger partial charge in [-0.1, -0.05) is 48.0 Å². The molecule has 160 valence electrons. The molecular weight excluding hydrogens is 406 g/mol. The fourth-order valence-electron chi connectivity index (χ4n) is 3.82. The third-order valence-corrected chi connectivity index (χ3v) is 7.15. The highest BCUT2D eigenvalue weighted by Crippen LogP contribution is 2.27. The third-order valence-electron chi connectivity index (χ3n) is 5.73. The maximum absolute atomic E-state index is 12.9. The van der Waals surface area contributed by atoms with Crippen LogP contribution in [0.1, 0.15) is 27.9 Å². The Kier molecular flexibility index (Phi) is 5.85. The van der Waals surface area contributed by atoms with E-state index in [2.05, 4.69) is 39.8 Å². The summed E-state index contributed by atoms with van der Waals surface area (Å²) in [5.74, 6) is 0.982. The summed E-state index contributed by atoms with van der Waals surface area (Å²) in [7, 11) is -3.61. The molecule has 2 aromatic carbocycles. The van der Waals surface area contributed by atoms with Gasteiger partial charge in [0.05, 0.1) is 4.90 Å². The Morgan fingerprint density at radius 1 is 0.839 bits per heavy atom. The predicted molar refractivity (Wildman–Crippen MR) is 124 cm³/mol. The molecule has 0 unspecified atom stereocenters. The van der Waals surface area contributed by atoms with Gasteiger partial charge in [-0.05, 0) is 56.2 Å². The summed E-state index contributed by atoms with van der Waals surface area (Å²) in [5.41, 5.74) is 5.41. The highest BCUT2D eigenvalue weighted by molar-refractivity contribution is 7.89. The van der Waals surface area contributed by atoms with Crippen molar-refractivity contribution in [3.8, 4) is 5.82 Å². The molecule has 31 heavy (non-hydrogen) atoms. The van der Waals surface area contributed by atoms with Gasteiger partial charge in [-0.2, -0.15) is 0 Å². The van der Waals surface area contributed by atoms with Gasteiger partial charge in [0.25, 0.3) is 0 Å². The Labute approximate surface area is 184 Å². The zero-order valence-electron chi connectivity index (χ0n) is 18.0. The molecule has 2 heterocycles. The smallest absolute Gasteiger partial charge is 0.240 e. The molecule has 0 aliphatic heterocycles. The van der Waals surface area contributed by atoms with Crippen LogP contribution < -0.4 is 4.72 Å². The molecule has 0 atom stereocenters. The summed E-state index contributed by atoms with van der Waals surface area (Å²) < 4.78 is 32.9. The van der Waals surface area contributed by atoms with Crippen LogP contribution >= 0.6 is 0 Å². The van der Waals surface area contributed by atoms with Crippen molar-refractivity contribution in [2.45, 2.75) is 38.8 Å². The summed E-state index contributed by atoms with van der Waals surface area (Å²) in [6, 6.07) is 21.1. The molecule has 0 fully saturated rings. The normalized spacial score (nSPS) is 11.7. The molecule has 5 nitrogen and oxygen atoms in total. The highest BCUT2D eigenvalue weighted by Gasteiger charge is 2.21. The fourth-order valence-corrected chi connectivity index (χ4v) is 4.82. The number of aromatic nitrogens is 2. The average Bonchev–Trinajstić information content (AvgIpc) is 3.36. The number of benzene rings is 2. The van der Waals surface area contributed by atoms with Crippen molar-refractivity contribution in [1.82, 2.24) is 13.9 Å². The van der Waals surface area contributed by atoms with Gasteiger partial charge < -0.3 is 9.13 Å². The van der Waals surface area contributed by atoms with Crippen molar-refractivity contribution in [3.63, 3.8) is 0 Å². The van der Waals surface area contributed by atoms with E-state index in [0.717, 1.165) is 28.2 Å². The summed E-state index contributed by atoms with van der Waals surface area (Å²) >= 11 is 0. The first-order valence-corrected chi connectivity index (χ1v) is 11.8. The van der Waals surface area contributed by atoms with Crippen molar-refractivity contribution < 1.29 is 8.42 Å². The summed E-state index contributed by atoms with van der Waals surface area (Å²) in [6.45, 7) is 7.02. The minimum Gasteiger partial charge on any atom is -0.327 e. The third kappa shape index (κ3) is 4.36. The van der Waals surface area contributed by atoms with E-state index in [1.54, 1.807) is 12.1 Å². The van der Waals surface area contributed by atoms with Crippen LogP contribution in [0.15, 0.2) is 84.0 Å². The van der Waals surface area contributed by atoms with Crippen LogP contribution in [0, 0.1) is 20.8 Å². The van der Waals surface area contributed by atoms with Crippen molar-refractivity contribution in [3.05, 3.63) is 107 Å². The number of sulfonamides is 1. The fraction of sp³-hybridized carbons (Fsp3) is 0.200. The quantitative estimate of drug-likeness (QED) is 0.458. The Balaban J connectivity index is 1.72. The first kappa shape index (κ1) is 21.2. The van der Waals surface area contributed by atoms with Gasteiger partial charge in [0, 0.05) is 36.7 Å². The molecule has 0 saturated carbocycles. The van der Waals surface area contributed by atoms with E-state index in [9.17, 15) is 8.42 Å². The van der Waals surface area contributed by atoms with Crippen molar-refractivity contribution in [1.29, 1.82) is 0 Å². The predicted octanol–water partition coefficient (Wildman–Crippen LogP) is 4.73. The topological polar surface area (TPSA) is 56.0 Å². The SMILES string of the molecule is Cc1ccc(S(=O)(=O)NCc2c(C)c(C)n(Cc3ccccc3)c2-n2cccc2)cc1. The Hall–Kier alpha value is -3.09. The van der Waals surface area contributed by atoms with Gasteiger partial charge >= 0.3 is 0 Å². The lowest BCUT2D eigenvalue weighted by Crippen LogP contribution is -2.24. The van der Waals surface area contributed by atoms with E-state index in [0.29, 0.717) is 6.54 Å². The minimum absolute atomic E-state index is 0.220. The van der Waals surface area contributed by atoms with Crippen LogP contribution in [0.4, 0.5) is 0 Å². The van der Waals surface area contributed by atoms with Crippen LogP contribution in [0.3, 0.4) is 0 Å². The second-order valence-corrected chi connectivity index (χ2v) is 9.58. The number of rotatable bonds is 7. The summed E-state index contributed by atoms with van der Waals surface area (Å²) in [6.07, 6.45) is 3.99. The zero-order chi connectivity index (χ0) is 22.0. The largest absolute Gasteiger partial charge is 0.327 e. The second-order valence-electron chi connectivity index (χ2n) is 7.81. The molecular formula is C25H27N3O2S. The maximum Gasteiger partial charge on any atom is 0.240 e. The molecule has 2 aromatic heterocycles. The standard InChI is InChI=1S/C25H27N3O2S/c1-19-11-13-23(14-12-19)31(29,30)26-17-24-20(2)21(3)28(18-22-9-5-4-6-10-22)25(24)27-15-7-8-16-27/h4-16,26H,17-18H2,1-3H3. The van der Waals surface area contributed by atoms with Gasteiger partial charge in [-0.3, -0.25) is 0 Å². The van der Waals surface area contributed by atoms with Gasteiger partial charge in [0.1, 0.15) is 5.82 Å². The summed E-state index contributed by atoms with van der Waals surface area (Å²) in [5, 5.41) is 0. The van der Waals surface area contributed by atoms with Gasteiger partial charge in [0.15, 0.2) is 0 Å². The van der Waals surface area contributed by atoms with Crippen LogP contribution in [0.25, 0.3) is 5.82 Å². The molecule has 0 bridgehead atoms. The Bertz CT molecular complexity index is 1270. The van der Waals surface area contributed by atoms with Crippen LogP contribution in [0.5, 0.6) is 0 Å². The number of hydrogen-bond donors (Lipinski definition) is 1. The lowest BCUT2D eigenvalue weighted by Gasteiger charge is -2.15. The molecule has 0 radical (unpaired) electrons. The van der Waals surface area contributed by atoms with Crippen LogP contribution in [-0.4, -0.2) is 17.6 Å². The van der Waals surface area contributed by atoms with E-state index >= 15 is 0 Å². The minimum atomic E-state index is -3.61. The van der Waals surface area contributed by atoms with Gasteiger partial charge in [-0.25, -0.2) is 13.1 Å². The van der Waals surface area contributed by atoms with E-state index in [1.807, 2.05) is 61.8 Å². The number of hydrogen-bond acceptors (Lipinski definition) is 2. The van der Waals surface area contributed by atoms with E-state index in [1.165, 1.54) is 5.56 Å². The molecule has 1 N–H and O–H groups in total. The molecule has 4 rings (SSSR count). The lowest BCUT2D eigenvalue weighted by atomic mass is 10.1. The molecule has 6 heteroatoms. The van der Waals surface area contributed by atoms with E-state index in [4.69, 9.17) is 0 Å². The lowest BCUT2D eigenvalue weighted by molar-refractivity contribution is 0.581. The molecule has 0 aliphatic rings. The van der Waals surface area contributed by atoms with E-state index in [-0.39, 0.29) is 11.4 Å². The Morgan fingerprint density at radius 2 is 1.48 bits per heavy atom. The first-order chi connectivity index (χ1) is 14.9. The molecule has 4 aromatic rings. The number of nitrogens with zero attached hydrogens (tertiary/aromatic N) is 2. The molecule has 0 amide bonds. The number of aryl methyl sites for hydroxylation is 1. The highest BCUT2D eigenvalue weighted by atomic mass is 32.2. The zero-order valence-corrected chi connectivity index (χ0v) is 18.9.